The lowest BCUT2D eigenvalue weighted by molar-refractivity contribution is -0.137. The lowest BCUT2D eigenvalue weighted by atomic mass is 9.87. The Balaban J connectivity index is 1.42. The minimum Gasteiger partial charge on any atom is -0.481 e. The third-order valence-corrected chi connectivity index (χ3v) is 7.00. The van der Waals surface area contributed by atoms with Crippen molar-refractivity contribution >= 4 is 11.8 Å². The Kier molecular flexibility index (Phi) is 7.31. The minimum absolute atomic E-state index is 0.101. The van der Waals surface area contributed by atoms with E-state index in [-0.39, 0.29) is 17.9 Å². The maximum atomic E-state index is 13.5. The first-order valence-electron chi connectivity index (χ1n) is 12.9. The van der Waals surface area contributed by atoms with Gasteiger partial charge in [-0.15, -0.1) is 0 Å². The van der Waals surface area contributed by atoms with Crippen molar-refractivity contribution in [2.75, 3.05) is 13.6 Å². The molecule has 2 amide bonds. The fourth-order valence-electron chi connectivity index (χ4n) is 5.13. The van der Waals surface area contributed by atoms with E-state index in [9.17, 15) is 9.59 Å². The SMILES string of the molecule is Cc1cccc([C@H]2c3cc(O[C@H](C)C(=O)N(C)Cc4ccccc4)ccc3CCN2C(=O)c2ccco2)c1. The molecule has 0 unspecified atom stereocenters. The van der Waals surface area contributed by atoms with Crippen LogP contribution in [0.5, 0.6) is 5.75 Å². The zero-order chi connectivity index (χ0) is 26.6. The summed E-state index contributed by atoms with van der Waals surface area (Å²) in [4.78, 5) is 30.1. The average Bonchev–Trinajstić information content (AvgIpc) is 3.47. The van der Waals surface area contributed by atoms with Crippen molar-refractivity contribution in [2.45, 2.75) is 39.0 Å². The first-order chi connectivity index (χ1) is 18.4. The van der Waals surface area contributed by atoms with Crippen molar-refractivity contribution < 1.29 is 18.7 Å². The molecule has 0 spiro atoms. The Labute approximate surface area is 223 Å². The average molecular weight is 509 g/mol. The summed E-state index contributed by atoms with van der Waals surface area (Å²) in [5, 5.41) is 0. The molecule has 0 saturated carbocycles. The molecule has 1 aliphatic heterocycles. The van der Waals surface area contributed by atoms with Gasteiger partial charge in [-0.2, -0.15) is 0 Å². The Morgan fingerprint density at radius 2 is 1.84 bits per heavy atom. The van der Waals surface area contributed by atoms with Gasteiger partial charge < -0.3 is 19.0 Å². The van der Waals surface area contributed by atoms with Gasteiger partial charge in [-0.1, -0.05) is 66.2 Å². The van der Waals surface area contributed by atoms with Crippen LogP contribution in [0.2, 0.25) is 0 Å². The number of carbonyl (C=O) groups excluding carboxylic acids is 2. The molecule has 4 aromatic rings. The first-order valence-corrected chi connectivity index (χ1v) is 12.9. The maximum Gasteiger partial charge on any atom is 0.290 e. The molecule has 0 saturated heterocycles. The highest BCUT2D eigenvalue weighted by molar-refractivity contribution is 5.92. The summed E-state index contributed by atoms with van der Waals surface area (Å²) in [6.45, 7) is 4.90. The summed E-state index contributed by atoms with van der Waals surface area (Å²) in [5.41, 5.74) is 5.36. The van der Waals surface area contributed by atoms with E-state index < -0.39 is 6.10 Å². The summed E-state index contributed by atoms with van der Waals surface area (Å²) < 4.78 is 11.6. The first kappa shape index (κ1) is 25.3. The second kappa shape index (κ2) is 11.0. The van der Waals surface area contributed by atoms with Crippen LogP contribution < -0.4 is 4.74 Å². The predicted octanol–water partition coefficient (Wildman–Crippen LogP) is 5.80. The van der Waals surface area contributed by atoms with Gasteiger partial charge >= 0.3 is 0 Å². The van der Waals surface area contributed by atoms with E-state index in [1.807, 2.05) is 78.6 Å². The van der Waals surface area contributed by atoms with Crippen LogP contribution >= 0.6 is 0 Å². The van der Waals surface area contributed by atoms with Gasteiger partial charge in [0.25, 0.3) is 11.8 Å². The molecule has 1 aromatic heterocycles. The largest absolute Gasteiger partial charge is 0.481 e. The van der Waals surface area contributed by atoms with Crippen LogP contribution in [-0.2, 0) is 17.8 Å². The molecular weight excluding hydrogens is 476 g/mol. The number of hydrogen-bond donors (Lipinski definition) is 0. The number of aryl methyl sites for hydroxylation is 1. The zero-order valence-electron chi connectivity index (χ0n) is 22.0. The minimum atomic E-state index is -0.663. The number of rotatable bonds is 7. The van der Waals surface area contributed by atoms with Gasteiger partial charge in [0.1, 0.15) is 5.75 Å². The molecule has 6 nitrogen and oxygen atoms in total. The highest BCUT2D eigenvalue weighted by Crippen LogP contribution is 2.38. The molecular formula is C32H32N2O4. The van der Waals surface area contributed by atoms with Crippen LogP contribution in [-0.4, -0.2) is 41.3 Å². The Morgan fingerprint density at radius 3 is 2.58 bits per heavy atom. The van der Waals surface area contributed by atoms with Crippen LogP contribution in [0, 0.1) is 6.92 Å². The third-order valence-electron chi connectivity index (χ3n) is 7.00. The predicted molar refractivity (Wildman–Crippen MR) is 146 cm³/mol. The van der Waals surface area contributed by atoms with Crippen molar-refractivity contribution in [2.24, 2.45) is 0 Å². The van der Waals surface area contributed by atoms with Crippen LogP contribution in [0.3, 0.4) is 0 Å². The topological polar surface area (TPSA) is 63.0 Å². The van der Waals surface area contributed by atoms with E-state index in [1.54, 1.807) is 31.0 Å². The van der Waals surface area contributed by atoms with Gasteiger partial charge in [0, 0.05) is 20.1 Å². The molecule has 1 aliphatic rings. The van der Waals surface area contributed by atoms with Crippen LogP contribution in [0.1, 0.15) is 51.3 Å². The standard InChI is InChI=1S/C32H32N2O4/c1-22-9-7-12-26(19-22)30-28-20-27(38-23(2)31(35)33(3)21-24-10-5-4-6-11-24)15-14-25(28)16-17-34(30)32(36)29-13-8-18-37-29/h4-15,18-20,23,30H,16-17,21H2,1-3H3/t23-,30+/m1/s1. The summed E-state index contributed by atoms with van der Waals surface area (Å²) in [6.07, 6.45) is 1.58. The number of nitrogens with zero attached hydrogens (tertiary/aromatic N) is 2. The Morgan fingerprint density at radius 1 is 1.03 bits per heavy atom. The molecule has 3 aromatic carbocycles. The van der Waals surface area contributed by atoms with E-state index in [1.165, 1.54) is 6.26 Å². The maximum absolute atomic E-state index is 13.5. The molecule has 0 bridgehead atoms. The van der Waals surface area contributed by atoms with Gasteiger partial charge in [-0.25, -0.2) is 0 Å². The molecule has 2 heterocycles. The Bertz CT molecular complexity index is 1410. The van der Waals surface area contributed by atoms with Gasteiger partial charge in [0.05, 0.1) is 12.3 Å². The number of likely N-dealkylation sites (N-methyl/N-ethyl adjacent to an activating group) is 1. The van der Waals surface area contributed by atoms with Crippen molar-refractivity contribution in [3.63, 3.8) is 0 Å². The van der Waals surface area contributed by atoms with E-state index in [0.717, 1.165) is 34.2 Å². The second-order valence-electron chi connectivity index (χ2n) is 9.84. The van der Waals surface area contributed by atoms with E-state index in [2.05, 4.69) is 6.07 Å². The number of furan rings is 1. The molecule has 6 heteroatoms. The second-order valence-corrected chi connectivity index (χ2v) is 9.84. The number of hydrogen-bond acceptors (Lipinski definition) is 4. The number of ether oxygens (including phenoxy) is 1. The third kappa shape index (κ3) is 5.35. The van der Waals surface area contributed by atoms with Crippen molar-refractivity contribution in [3.8, 4) is 5.75 Å². The smallest absolute Gasteiger partial charge is 0.290 e. The molecule has 2 atom stereocenters. The van der Waals surface area contributed by atoms with E-state index in [4.69, 9.17) is 9.15 Å². The molecule has 38 heavy (non-hydrogen) atoms. The van der Waals surface area contributed by atoms with E-state index in [0.29, 0.717) is 24.6 Å². The van der Waals surface area contributed by atoms with E-state index >= 15 is 0 Å². The summed E-state index contributed by atoms with van der Waals surface area (Å²) in [5.74, 6) is 0.669. The highest BCUT2D eigenvalue weighted by atomic mass is 16.5. The van der Waals surface area contributed by atoms with Crippen molar-refractivity contribution in [3.05, 3.63) is 125 Å². The number of benzene rings is 3. The monoisotopic (exact) mass is 508 g/mol. The summed E-state index contributed by atoms with van der Waals surface area (Å²) in [6, 6.07) is 27.2. The van der Waals surface area contributed by atoms with Gasteiger partial charge in [-0.05, 0) is 66.8 Å². The van der Waals surface area contributed by atoms with Crippen LogP contribution in [0.15, 0.2) is 95.6 Å². The van der Waals surface area contributed by atoms with Crippen LogP contribution in [0.25, 0.3) is 0 Å². The summed E-state index contributed by atoms with van der Waals surface area (Å²) in [7, 11) is 1.79. The van der Waals surface area contributed by atoms with Crippen molar-refractivity contribution in [1.82, 2.24) is 9.80 Å². The highest BCUT2D eigenvalue weighted by Gasteiger charge is 2.34. The number of carbonyl (C=O) groups is 2. The van der Waals surface area contributed by atoms with Gasteiger partial charge in [0.15, 0.2) is 11.9 Å². The lowest BCUT2D eigenvalue weighted by Gasteiger charge is -2.37. The van der Waals surface area contributed by atoms with Crippen LogP contribution in [0.4, 0.5) is 0 Å². The van der Waals surface area contributed by atoms with Crippen molar-refractivity contribution in [1.29, 1.82) is 0 Å². The zero-order valence-corrected chi connectivity index (χ0v) is 22.0. The van der Waals surface area contributed by atoms with Gasteiger partial charge in [0.2, 0.25) is 0 Å². The normalized spacial score (nSPS) is 15.4. The fraction of sp³-hybridized carbons (Fsp3) is 0.250. The molecule has 5 rings (SSSR count). The molecule has 0 N–H and O–H groups in total. The number of fused-ring (bicyclic) bond motifs is 1. The molecule has 0 aliphatic carbocycles. The van der Waals surface area contributed by atoms with Gasteiger partial charge in [-0.3, -0.25) is 9.59 Å². The molecule has 0 radical (unpaired) electrons. The molecule has 194 valence electrons. The Hall–Kier alpha value is -4.32. The molecule has 0 fully saturated rings. The quantitative estimate of drug-likeness (QED) is 0.316. The number of amides is 2. The fourth-order valence-corrected chi connectivity index (χ4v) is 5.13. The summed E-state index contributed by atoms with van der Waals surface area (Å²) >= 11 is 0. The lowest BCUT2D eigenvalue weighted by Crippen LogP contribution is -2.40.